The summed E-state index contributed by atoms with van der Waals surface area (Å²) in [7, 11) is 0. The average Bonchev–Trinajstić information content (AvgIpc) is 2.18. The van der Waals surface area contributed by atoms with Gasteiger partial charge in [-0.3, -0.25) is 4.79 Å². The van der Waals surface area contributed by atoms with Crippen LogP contribution in [0.2, 0.25) is 0 Å². The van der Waals surface area contributed by atoms with Crippen molar-refractivity contribution < 1.29 is 15.0 Å². The molecule has 0 aliphatic rings. The SMILES string of the molecule is Cc1ccc(C(=O)NC[C@H](C)O)cc1O. The molecule has 0 unspecified atom stereocenters. The zero-order chi connectivity index (χ0) is 11.4. The Hall–Kier alpha value is -1.55. The van der Waals surface area contributed by atoms with Gasteiger partial charge in [0, 0.05) is 12.1 Å². The van der Waals surface area contributed by atoms with E-state index in [-0.39, 0.29) is 18.2 Å². The lowest BCUT2D eigenvalue weighted by Crippen LogP contribution is -2.30. The van der Waals surface area contributed by atoms with Crippen molar-refractivity contribution in [1.82, 2.24) is 5.32 Å². The van der Waals surface area contributed by atoms with Gasteiger partial charge in [0.15, 0.2) is 0 Å². The van der Waals surface area contributed by atoms with E-state index in [1.54, 1.807) is 26.0 Å². The summed E-state index contributed by atoms with van der Waals surface area (Å²) in [5.41, 5.74) is 1.11. The van der Waals surface area contributed by atoms with Crippen LogP contribution in [0.5, 0.6) is 5.75 Å². The Morgan fingerprint density at radius 3 is 2.73 bits per heavy atom. The first-order valence-corrected chi connectivity index (χ1v) is 4.76. The summed E-state index contributed by atoms with van der Waals surface area (Å²) in [6.45, 7) is 3.55. The van der Waals surface area contributed by atoms with Gasteiger partial charge in [0.1, 0.15) is 5.75 Å². The first-order chi connectivity index (χ1) is 7.00. The van der Waals surface area contributed by atoms with Gasteiger partial charge in [-0.05, 0) is 31.5 Å². The first kappa shape index (κ1) is 11.5. The minimum atomic E-state index is -0.576. The Kier molecular flexibility index (Phi) is 3.68. The molecule has 82 valence electrons. The van der Waals surface area contributed by atoms with Gasteiger partial charge < -0.3 is 15.5 Å². The number of carbonyl (C=O) groups is 1. The normalized spacial score (nSPS) is 12.2. The van der Waals surface area contributed by atoms with Crippen LogP contribution >= 0.6 is 0 Å². The van der Waals surface area contributed by atoms with Crippen molar-refractivity contribution in [3.63, 3.8) is 0 Å². The van der Waals surface area contributed by atoms with Gasteiger partial charge in [0.25, 0.3) is 5.91 Å². The molecule has 0 aliphatic carbocycles. The van der Waals surface area contributed by atoms with Gasteiger partial charge >= 0.3 is 0 Å². The standard InChI is InChI=1S/C11H15NO3/c1-7-3-4-9(5-10(7)14)11(15)12-6-8(2)13/h3-5,8,13-14H,6H2,1-2H3,(H,12,15)/t8-/m0/s1. The molecule has 1 aromatic rings. The predicted octanol–water partition coefficient (Wildman–Crippen LogP) is 0.811. The fraction of sp³-hybridized carbons (Fsp3) is 0.364. The van der Waals surface area contributed by atoms with Crippen molar-refractivity contribution in [1.29, 1.82) is 0 Å². The molecule has 0 radical (unpaired) electrons. The van der Waals surface area contributed by atoms with Crippen LogP contribution in [0.1, 0.15) is 22.8 Å². The lowest BCUT2D eigenvalue weighted by atomic mass is 10.1. The summed E-state index contributed by atoms with van der Waals surface area (Å²) in [6, 6.07) is 4.71. The number of nitrogens with one attached hydrogen (secondary N) is 1. The predicted molar refractivity (Wildman–Crippen MR) is 56.9 cm³/mol. The topological polar surface area (TPSA) is 69.6 Å². The van der Waals surface area contributed by atoms with Crippen LogP contribution in [0.25, 0.3) is 0 Å². The van der Waals surface area contributed by atoms with Crippen LogP contribution in [0, 0.1) is 6.92 Å². The number of aromatic hydroxyl groups is 1. The summed E-state index contributed by atoms with van der Waals surface area (Å²) in [5, 5.41) is 20.9. The third-order valence-electron chi connectivity index (χ3n) is 2.03. The third-order valence-corrected chi connectivity index (χ3v) is 2.03. The van der Waals surface area contributed by atoms with E-state index < -0.39 is 6.10 Å². The molecule has 0 spiro atoms. The van der Waals surface area contributed by atoms with Gasteiger partial charge in [0.2, 0.25) is 0 Å². The number of benzene rings is 1. The van der Waals surface area contributed by atoms with E-state index in [2.05, 4.69) is 5.32 Å². The van der Waals surface area contributed by atoms with Crippen molar-refractivity contribution in [3.05, 3.63) is 29.3 Å². The molecule has 0 aliphatic heterocycles. The van der Waals surface area contributed by atoms with Gasteiger partial charge in [-0.1, -0.05) is 6.07 Å². The molecule has 0 fully saturated rings. The number of aliphatic hydroxyl groups is 1. The molecule has 1 amide bonds. The van der Waals surface area contributed by atoms with Gasteiger partial charge in [-0.2, -0.15) is 0 Å². The van der Waals surface area contributed by atoms with Gasteiger partial charge in [-0.25, -0.2) is 0 Å². The van der Waals surface area contributed by atoms with E-state index in [9.17, 15) is 9.90 Å². The van der Waals surface area contributed by atoms with Crippen LogP contribution in [0.15, 0.2) is 18.2 Å². The number of amides is 1. The van der Waals surface area contributed by atoms with E-state index in [1.165, 1.54) is 6.07 Å². The van der Waals surface area contributed by atoms with E-state index in [0.29, 0.717) is 5.56 Å². The van der Waals surface area contributed by atoms with Crippen molar-refractivity contribution in [3.8, 4) is 5.75 Å². The Bertz CT molecular complexity index is 361. The molecule has 1 atom stereocenters. The number of aliphatic hydroxyl groups excluding tert-OH is 1. The molecule has 1 aromatic carbocycles. The minimum Gasteiger partial charge on any atom is -0.508 e. The molecule has 0 aromatic heterocycles. The van der Waals surface area contributed by atoms with Crippen molar-refractivity contribution in [2.75, 3.05) is 6.54 Å². The fourth-order valence-corrected chi connectivity index (χ4v) is 1.09. The highest BCUT2D eigenvalue weighted by Crippen LogP contribution is 2.17. The van der Waals surface area contributed by atoms with E-state index in [0.717, 1.165) is 5.56 Å². The van der Waals surface area contributed by atoms with E-state index >= 15 is 0 Å². The molecule has 0 saturated heterocycles. The zero-order valence-electron chi connectivity index (χ0n) is 8.82. The molecule has 15 heavy (non-hydrogen) atoms. The van der Waals surface area contributed by atoms with Crippen molar-refractivity contribution in [2.24, 2.45) is 0 Å². The molecular formula is C11H15NO3. The van der Waals surface area contributed by atoms with Crippen LogP contribution in [-0.2, 0) is 0 Å². The fourth-order valence-electron chi connectivity index (χ4n) is 1.09. The van der Waals surface area contributed by atoms with Crippen LogP contribution in [-0.4, -0.2) is 28.8 Å². The second kappa shape index (κ2) is 4.79. The van der Waals surface area contributed by atoms with Crippen LogP contribution in [0.4, 0.5) is 0 Å². The molecule has 0 saturated carbocycles. The quantitative estimate of drug-likeness (QED) is 0.690. The summed E-state index contributed by atoms with van der Waals surface area (Å²) in [4.78, 5) is 11.5. The lowest BCUT2D eigenvalue weighted by Gasteiger charge is -2.07. The first-order valence-electron chi connectivity index (χ1n) is 4.76. The molecule has 1 rings (SSSR count). The summed E-state index contributed by atoms with van der Waals surface area (Å²) < 4.78 is 0. The summed E-state index contributed by atoms with van der Waals surface area (Å²) in [6.07, 6.45) is -0.576. The highest BCUT2D eigenvalue weighted by Gasteiger charge is 2.07. The average molecular weight is 209 g/mol. The molecule has 0 heterocycles. The smallest absolute Gasteiger partial charge is 0.251 e. The van der Waals surface area contributed by atoms with Crippen LogP contribution < -0.4 is 5.32 Å². The number of aryl methyl sites for hydroxylation is 1. The molecule has 4 nitrogen and oxygen atoms in total. The third kappa shape index (κ3) is 3.25. The van der Waals surface area contributed by atoms with Crippen molar-refractivity contribution >= 4 is 5.91 Å². The second-order valence-electron chi connectivity index (χ2n) is 3.56. The Morgan fingerprint density at radius 1 is 1.53 bits per heavy atom. The van der Waals surface area contributed by atoms with Crippen molar-refractivity contribution in [2.45, 2.75) is 20.0 Å². The number of hydrogen-bond donors (Lipinski definition) is 3. The second-order valence-corrected chi connectivity index (χ2v) is 3.56. The molecule has 3 N–H and O–H groups in total. The number of rotatable bonds is 3. The summed E-state index contributed by atoms with van der Waals surface area (Å²) >= 11 is 0. The maximum absolute atomic E-state index is 11.5. The van der Waals surface area contributed by atoms with Gasteiger partial charge in [0.05, 0.1) is 6.10 Å². The maximum atomic E-state index is 11.5. The van der Waals surface area contributed by atoms with E-state index in [1.807, 2.05) is 0 Å². The van der Waals surface area contributed by atoms with Crippen LogP contribution in [0.3, 0.4) is 0 Å². The zero-order valence-corrected chi connectivity index (χ0v) is 8.82. The highest BCUT2D eigenvalue weighted by atomic mass is 16.3. The Balaban J connectivity index is 2.70. The number of phenols is 1. The largest absolute Gasteiger partial charge is 0.508 e. The number of phenolic OH excluding ortho intramolecular Hbond substituents is 1. The molecule has 4 heteroatoms. The summed E-state index contributed by atoms with van der Waals surface area (Å²) in [5.74, 6) is -0.203. The monoisotopic (exact) mass is 209 g/mol. The number of hydrogen-bond acceptors (Lipinski definition) is 3. The molecular weight excluding hydrogens is 194 g/mol. The Labute approximate surface area is 88.6 Å². The Morgan fingerprint density at radius 2 is 2.20 bits per heavy atom. The lowest BCUT2D eigenvalue weighted by molar-refractivity contribution is 0.0923. The van der Waals surface area contributed by atoms with E-state index in [4.69, 9.17) is 5.11 Å². The minimum absolute atomic E-state index is 0.0969. The number of carbonyl (C=O) groups excluding carboxylic acids is 1. The molecule has 0 bridgehead atoms. The maximum Gasteiger partial charge on any atom is 0.251 e. The highest BCUT2D eigenvalue weighted by molar-refractivity contribution is 5.94. The van der Waals surface area contributed by atoms with Gasteiger partial charge in [-0.15, -0.1) is 0 Å².